The summed E-state index contributed by atoms with van der Waals surface area (Å²) in [6.45, 7) is 5.61. The smallest absolute Gasteiger partial charge is 0.248 e. The van der Waals surface area contributed by atoms with Gasteiger partial charge in [-0.25, -0.2) is 0 Å². The second-order valence-electron chi connectivity index (χ2n) is 7.54. The molecule has 2 aliphatic rings. The van der Waals surface area contributed by atoms with Gasteiger partial charge in [0.1, 0.15) is 6.61 Å². The van der Waals surface area contributed by atoms with E-state index in [0.29, 0.717) is 26.1 Å². The molecule has 26 heavy (non-hydrogen) atoms. The number of hydrogen-bond acceptors (Lipinski definition) is 4. The number of carbonyl (C=O) groups excluding carboxylic acids is 2. The minimum absolute atomic E-state index is 0.0152. The Kier molecular flexibility index (Phi) is 6.25. The fourth-order valence-corrected chi connectivity index (χ4v) is 4.08. The number of rotatable bonds is 6. The SMILES string of the molecule is CCCOCC(=O)N1CCC[C@]2(CCC(=O)N(Cc3ccccn3)C2)C1. The van der Waals surface area contributed by atoms with Gasteiger partial charge in [-0.2, -0.15) is 0 Å². The van der Waals surface area contributed by atoms with Gasteiger partial charge in [-0.1, -0.05) is 13.0 Å². The fourth-order valence-electron chi connectivity index (χ4n) is 4.08. The molecule has 2 fully saturated rings. The predicted octanol–water partition coefficient (Wildman–Crippen LogP) is 2.24. The second-order valence-corrected chi connectivity index (χ2v) is 7.54. The molecule has 142 valence electrons. The van der Waals surface area contributed by atoms with Gasteiger partial charge in [0, 0.05) is 44.3 Å². The summed E-state index contributed by atoms with van der Waals surface area (Å²) in [5.41, 5.74) is 0.927. The van der Waals surface area contributed by atoms with Crippen LogP contribution in [0.3, 0.4) is 0 Å². The van der Waals surface area contributed by atoms with Crippen molar-refractivity contribution >= 4 is 11.8 Å². The molecule has 0 unspecified atom stereocenters. The van der Waals surface area contributed by atoms with Crippen LogP contribution in [0, 0.1) is 5.41 Å². The van der Waals surface area contributed by atoms with E-state index in [9.17, 15) is 9.59 Å². The Hall–Kier alpha value is -1.95. The number of hydrogen-bond donors (Lipinski definition) is 0. The highest BCUT2D eigenvalue weighted by Crippen LogP contribution is 2.39. The molecule has 1 aromatic heterocycles. The number of ether oxygens (including phenoxy) is 1. The van der Waals surface area contributed by atoms with Gasteiger partial charge in [-0.05, 0) is 37.8 Å². The molecule has 0 aliphatic carbocycles. The summed E-state index contributed by atoms with van der Waals surface area (Å²) in [5.74, 6) is 0.265. The van der Waals surface area contributed by atoms with E-state index < -0.39 is 0 Å². The van der Waals surface area contributed by atoms with Crippen LogP contribution in [0.2, 0.25) is 0 Å². The van der Waals surface area contributed by atoms with E-state index in [2.05, 4.69) is 4.98 Å². The standard InChI is InChI=1S/C20H29N3O3/c1-2-12-26-14-19(25)22-11-5-8-20(15-22)9-7-18(24)23(16-20)13-17-6-3-4-10-21-17/h3-4,6,10H,2,5,7-9,11-16H2,1H3/t20-/m0/s1. The van der Waals surface area contributed by atoms with Crippen LogP contribution < -0.4 is 0 Å². The van der Waals surface area contributed by atoms with Crippen LogP contribution in [-0.2, 0) is 20.9 Å². The lowest BCUT2D eigenvalue weighted by molar-refractivity contribution is -0.146. The average Bonchev–Trinajstić information content (AvgIpc) is 2.66. The van der Waals surface area contributed by atoms with Crippen molar-refractivity contribution in [3.8, 4) is 0 Å². The number of aromatic nitrogens is 1. The van der Waals surface area contributed by atoms with Crippen LogP contribution in [0.25, 0.3) is 0 Å². The zero-order valence-electron chi connectivity index (χ0n) is 15.7. The molecule has 1 atom stereocenters. The number of amides is 2. The van der Waals surface area contributed by atoms with Crippen molar-refractivity contribution in [3.63, 3.8) is 0 Å². The molecule has 2 amide bonds. The number of pyridine rings is 1. The van der Waals surface area contributed by atoms with E-state index in [4.69, 9.17) is 4.74 Å². The van der Waals surface area contributed by atoms with Crippen LogP contribution in [0.5, 0.6) is 0 Å². The Morgan fingerprint density at radius 1 is 1.31 bits per heavy atom. The van der Waals surface area contributed by atoms with Crippen LogP contribution >= 0.6 is 0 Å². The molecular formula is C20H29N3O3. The summed E-state index contributed by atoms with van der Waals surface area (Å²) in [7, 11) is 0. The van der Waals surface area contributed by atoms with Gasteiger partial charge in [-0.3, -0.25) is 14.6 Å². The lowest BCUT2D eigenvalue weighted by Crippen LogP contribution is -2.55. The van der Waals surface area contributed by atoms with Crippen molar-refractivity contribution in [2.24, 2.45) is 5.41 Å². The molecule has 2 saturated heterocycles. The maximum Gasteiger partial charge on any atom is 0.248 e. The predicted molar refractivity (Wildman–Crippen MR) is 98.2 cm³/mol. The molecule has 0 radical (unpaired) electrons. The molecule has 0 saturated carbocycles. The zero-order chi connectivity index (χ0) is 18.4. The number of likely N-dealkylation sites (tertiary alicyclic amines) is 2. The first-order valence-electron chi connectivity index (χ1n) is 9.65. The second kappa shape index (κ2) is 8.62. The monoisotopic (exact) mass is 359 g/mol. The minimum Gasteiger partial charge on any atom is -0.372 e. The highest BCUT2D eigenvalue weighted by atomic mass is 16.5. The van der Waals surface area contributed by atoms with Gasteiger partial charge in [0.2, 0.25) is 11.8 Å². The van der Waals surface area contributed by atoms with E-state index in [0.717, 1.165) is 44.5 Å². The first-order chi connectivity index (χ1) is 12.6. The van der Waals surface area contributed by atoms with E-state index >= 15 is 0 Å². The normalized spacial score (nSPS) is 23.5. The fraction of sp³-hybridized carbons (Fsp3) is 0.650. The van der Waals surface area contributed by atoms with Crippen molar-refractivity contribution in [2.45, 2.75) is 45.6 Å². The van der Waals surface area contributed by atoms with Crippen LogP contribution in [0.1, 0.15) is 44.7 Å². The molecule has 1 spiro atoms. The number of carbonyl (C=O) groups is 2. The highest BCUT2D eigenvalue weighted by molar-refractivity contribution is 5.78. The highest BCUT2D eigenvalue weighted by Gasteiger charge is 2.42. The Labute approximate surface area is 155 Å². The largest absolute Gasteiger partial charge is 0.372 e. The lowest BCUT2D eigenvalue weighted by atomic mass is 9.73. The van der Waals surface area contributed by atoms with E-state index in [1.165, 1.54) is 0 Å². The summed E-state index contributed by atoms with van der Waals surface area (Å²) in [6.07, 6.45) is 6.16. The Balaban J connectivity index is 1.62. The van der Waals surface area contributed by atoms with Crippen molar-refractivity contribution < 1.29 is 14.3 Å². The van der Waals surface area contributed by atoms with Gasteiger partial charge < -0.3 is 14.5 Å². The van der Waals surface area contributed by atoms with E-state index in [-0.39, 0.29) is 23.8 Å². The third kappa shape index (κ3) is 4.61. The summed E-state index contributed by atoms with van der Waals surface area (Å²) in [6, 6.07) is 5.79. The molecule has 3 rings (SSSR count). The zero-order valence-corrected chi connectivity index (χ0v) is 15.7. The maximum atomic E-state index is 12.4. The number of piperidine rings is 2. The first-order valence-corrected chi connectivity index (χ1v) is 9.65. The van der Waals surface area contributed by atoms with Crippen LogP contribution in [0.15, 0.2) is 24.4 Å². The lowest BCUT2D eigenvalue weighted by Gasteiger charge is -2.48. The van der Waals surface area contributed by atoms with Gasteiger partial charge >= 0.3 is 0 Å². The Morgan fingerprint density at radius 2 is 2.19 bits per heavy atom. The van der Waals surface area contributed by atoms with Crippen molar-refractivity contribution in [2.75, 3.05) is 32.8 Å². The summed E-state index contributed by atoms with van der Waals surface area (Å²) >= 11 is 0. The molecule has 3 heterocycles. The van der Waals surface area contributed by atoms with E-state index in [1.807, 2.05) is 34.9 Å². The minimum atomic E-state index is 0.0152. The topological polar surface area (TPSA) is 62.7 Å². The molecule has 0 aromatic carbocycles. The molecule has 6 heteroatoms. The average molecular weight is 359 g/mol. The summed E-state index contributed by atoms with van der Waals surface area (Å²) in [4.78, 5) is 33.1. The van der Waals surface area contributed by atoms with Crippen molar-refractivity contribution in [3.05, 3.63) is 30.1 Å². The number of nitrogens with zero attached hydrogens (tertiary/aromatic N) is 3. The van der Waals surface area contributed by atoms with Gasteiger partial charge in [0.15, 0.2) is 0 Å². The molecule has 0 N–H and O–H groups in total. The van der Waals surface area contributed by atoms with Gasteiger partial charge in [-0.15, -0.1) is 0 Å². The maximum absolute atomic E-state index is 12.4. The molecule has 2 aliphatic heterocycles. The first kappa shape index (κ1) is 18.8. The van der Waals surface area contributed by atoms with E-state index in [1.54, 1.807) is 6.20 Å². The molecule has 1 aromatic rings. The Bertz CT molecular complexity index is 622. The van der Waals surface area contributed by atoms with Gasteiger partial charge in [0.25, 0.3) is 0 Å². The molecular weight excluding hydrogens is 330 g/mol. The third-order valence-corrected chi connectivity index (χ3v) is 5.42. The van der Waals surface area contributed by atoms with Crippen LogP contribution in [-0.4, -0.2) is 59.4 Å². The van der Waals surface area contributed by atoms with Gasteiger partial charge in [0.05, 0.1) is 12.2 Å². The van der Waals surface area contributed by atoms with Crippen LogP contribution in [0.4, 0.5) is 0 Å². The summed E-state index contributed by atoms with van der Waals surface area (Å²) < 4.78 is 5.43. The van der Waals surface area contributed by atoms with Crippen molar-refractivity contribution in [1.82, 2.24) is 14.8 Å². The molecule has 0 bridgehead atoms. The van der Waals surface area contributed by atoms with Crippen molar-refractivity contribution in [1.29, 1.82) is 0 Å². The summed E-state index contributed by atoms with van der Waals surface area (Å²) in [5, 5.41) is 0. The Morgan fingerprint density at radius 3 is 2.96 bits per heavy atom. The molecule has 6 nitrogen and oxygen atoms in total. The third-order valence-electron chi connectivity index (χ3n) is 5.42. The quantitative estimate of drug-likeness (QED) is 0.731.